The Hall–Kier alpha value is -3.12. The molecule has 0 bridgehead atoms. The van der Waals surface area contributed by atoms with Crippen LogP contribution in [0.5, 0.6) is 11.5 Å². The average molecular weight is 466 g/mol. The molecular formula is C20H27N5O6S. The van der Waals surface area contributed by atoms with E-state index in [2.05, 4.69) is 20.3 Å². The lowest BCUT2D eigenvalue weighted by Gasteiger charge is -2.19. The number of aryl methyl sites for hydroxylation is 1. The lowest BCUT2D eigenvalue weighted by molar-refractivity contribution is -0.123. The highest BCUT2D eigenvalue weighted by atomic mass is 32.2. The van der Waals surface area contributed by atoms with Gasteiger partial charge in [0.2, 0.25) is 5.91 Å². The molecule has 0 saturated carbocycles. The van der Waals surface area contributed by atoms with E-state index in [4.69, 9.17) is 9.47 Å². The van der Waals surface area contributed by atoms with E-state index < -0.39 is 22.0 Å². The van der Waals surface area contributed by atoms with Crippen molar-refractivity contribution in [3.05, 3.63) is 36.3 Å². The van der Waals surface area contributed by atoms with Gasteiger partial charge in [0, 0.05) is 25.9 Å². The maximum absolute atomic E-state index is 12.7. The molecule has 12 heteroatoms. The molecule has 1 aromatic carbocycles. The number of aromatic nitrogens is 2. The van der Waals surface area contributed by atoms with E-state index in [-0.39, 0.29) is 30.5 Å². The molecule has 0 radical (unpaired) electrons. The van der Waals surface area contributed by atoms with Crippen molar-refractivity contribution in [1.82, 2.24) is 24.9 Å². The number of ether oxygens (including phenoxy) is 2. The van der Waals surface area contributed by atoms with Crippen LogP contribution >= 0.6 is 0 Å². The van der Waals surface area contributed by atoms with E-state index >= 15 is 0 Å². The number of carbonyl (C=O) groups excluding carboxylic acids is 2. The first-order chi connectivity index (χ1) is 15.3. The van der Waals surface area contributed by atoms with Gasteiger partial charge in [-0.15, -0.1) is 0 Å². The maximum Gasteiger partial charge on any atom is 0.260 e. The Morgan fingerprint density at radius 1 is 1.22 bits per heavy atom. The Kier molecular flexibility index (Phi) is 7.70. The van der Waals surface area contributed by atoms with Crippen molar-refractivity contribution in [1.29, 1.82) is 0 Å². The van der Waals surface area contributed by atoms with Crippen molar-refractivity contribution in [2.75, 3.05) is 26.8 Å². The van der Waals surface area contributed by atoms with E-state index in [0.717, 1.165) is 0 Å². The second-order valence-electron chi connectivity index (χ2n) is 7.30. The van der Waals surface area contributed by atoms with Gasteiger partial charge in [0.15, 0.2) is 5.03 Å². The molecule has 1 atom stereocenters. The van der Waals surface area contributed by atoms with Crippen LogP contribution in [0.3, 0.4) is 0 Å². The summed E-state index contributed by atoms with van der Waals surface area (Å²) < 4.78 is 40.1. The Morgan fingerprint density at radius 3 is 2.75 bits per heavy atom. The first-order valence-corrected chi connectivity index (χ1v) is 11.7. The number of hydrogen-bond donors (Lipinski definition) is 3. The van der Waals surface area contributed by atoms with Crippen molar-refractivity contribution < 1.29 is 27.5 Å². The molecule has 3 N–H and O–H groups in total. The fourth-order valence-corrected chi connectivity index (χ4v) is 4.40. The van der Waals surface area contributed by atoms with Gasteiger partial charge in [-0.1, -0.05) is 0 Å². The lowest BCUT2D eigenvalue weighted by atomic mass is 10.1. The van der Waals surface area contributed by atoms with Crippen LogP contribution in [0.15, 0.2) is 35.7 Å². The highest BCUT2D eigenvalue weighted by Crippen LogP contribution is 2.25. The standard InChI is InChI=1S/C20H27N5O6S/c1-25-12-18(23-13-25)32(28,29)24-16-5-3-4-8-21-19(26)15-7-6-14(30-2)11-17(15)31-10-9-22-20(16)27/h6-7,11-13,16,24H,3-5,8-10H2,1-2H3,(H,21,26)(H,22,27)/t16-/m0/s1. The van der Waals surface area contributed by atoms with Gasteiger partial charge in [0.05, 0.1) is 25.5 Å². The van der Waals surface area contributed by atoms with E-state index in [0.29, 0.717) is 36.4 Å². The highest BCUT2D eigenvalue weighted by molar-refractivity contribution is 7.89. The van der Waals surface area contributed by atoms with E-state index in [1.807, 2.05) is 0 Å². The van der Waals surface area contributed by atoms with Crippen LogP contribution in [0.25, 0.3) is 0 Å². The van der Waals surface area contributed by atoms with E-state index in [9.17, 15) is 18.0 Å². The first kappa shape index (κ1) is 23.5. The minimum absolute atomic E-state index is 0.0822. The fourth-order valence-electron chi connectivity index (χ4n) is 3.18. The van der Waals surface area contributed by atoms with Crippen LogP contribution < -0.4 is 24.8 Å². The van der Waals surface area contributed by atoms with Crippen LogP contribution in [0.1, 0.15) is 29.6 Å². The van der Waals surface area contributed by atoms with Crippen molar-refractivity contribution >= 4 is 21.8 Å². The predicted molar refractivity (Wildman–Crippen MR) is 115 cm³/mol. The molecule has 174 valence electrons. The van der Waals surface area contributed by atoms with Crippen molar-refractivity contribution in [2.24, 2.45) is 7.05 Å². The van der Waals surface area contributed by atoms with Gasteiger partial charge in [0.25, 0.3) is 15.9 Å². The molecule has 2 heterocycles. The topological polar surface area (TPSA) is 141 Å². The Labute approximate surface area is 186 Å². The number of rotatable bonds is 4. The van der Waals surface area contributed by atoms with Crippen LogP contribution in [-0.4, -0.2) is 62.6 Å². The largest absolute Gasteiger partial charge is 0.497 e. The summed E-state index contributed by atoms with van der Waals surface area (Å²) in [4.78, 5) is 29.1. The third-order valence-electron chi connectivity index (χ3n) is 4.87. The van der Waals surface area contributed by atoms with E-state index in [1.165, 1.54) is 24.2 Å². The average Bonchev–Trinajstić information content (AvgIpc) is 3.22. The normalized spacial score (nSPS) is 18.5. The molecule has 1 aliphatic rings. The molecule has 1 aliphatic heterocycles. The summed E-state index contributed by atoms with van der Waals surface area (Å²) in [7, 11) is -0.798. The van der Waals surface area contributed by atoms with Crippen molar-refractivity contribution in [3.63, 3.8) is 0 Å². The molecular weight excluding hydrogens is 438 g/mol. The number of nitrogens with one attached hydrogen (secondary N) is 3. The van der Waals surface area contributed by atoms with Crippen LogP contribution in [0.2, 0.25) is 0 Å². The van der Waals surface area contributed by atoms with Gasteiger partial charge >= 0.3 is 0 Å². The summed E-state index contributed by atoms with van der Waals surface area (Å²) >= 11 is 0. The molecule has 11 nitrogen and oxygen atoms in total. The predicted octanol–water partition coefficient (Wildman–Crippen LogP) is 0.185. The van der Waals surface area contributed by atoms with Gasteiger partial charge in [0.1, 0.15) is 24.1 Å². The number of nitrogens with zero attached hydrogens (tertiary/aromatic N) is 2. The van der Waals surface area contributed by atoms with Crippen LogP contribution in [-0.2, 0) is 21.9 Å². The number of fused-ring (bicyclic) bond motifs is 1. The van der Waals surface area contributed by atoms with Crippen molar-refractivity contribution in [3.8, 4) is 11.5 Å². The Bertz CT molecular complexity index is 1070. The summed E-state index contributed by atoms with van der Waals surface area (Å²) in [5.74, 6) is 0.127. The lowest BCUT2D eigenvalue weighted by Crippen LogP contribution is -2.47. The molecule has 0 fully saturated rings. The monoisotopic (exact) mass is 465 g/mol. The Balaban J connectivity index is 1.72. The van der Waals surface area contributed by atoms with Crippen LogP contribution in [0, 0.1) is 0 Å². The number of methoxy groups -OCH3 is 1. The molecule has 32 heavy (non-hydrogen) atoms. The smallest absolute Gasteiger partial charge is 0.260 e. The van der Waals surface area contributed by atoms with Gasteiger partial charge in [-0.2, -0.15) is 4.72 Å². The number of sulfonamides is 1. The molecule has 2 aromatic rings. The van der Waals surface area contributed by atoms with Gasteiger partial charge < -0.3 is 24.7 Å². The van der Waals surface area contributed by atoms with Gasteiger partial charge in [-0.3, -0.25) is 9.59 Å². The Morgan fingerprint density at radius 2 is 2.03 bits per heavy atom. The molecule has 0 saturated heterocycles. The second-order valence-corrected chi connectivity index (χ2v) is 8.97. The number of imidazole rings is 1. The molecule has 1 aromatic heterocycles. The summed E-state index contributed by atoms with van der Waals surface area (Å²) in [6, 6.07) is 3.92. The molecule has 0 spiro atoms. The number of carbonyl (C=O) groups is 2. The first-order valence-electron chi connectivity index (χ1n) is 10.2. The number of amides is 2. The van der Waals surface area contributed by atoms with Gasteiger partial charge in [-0.25, -0.2) is 13.4 Å². The minimum atomic E-state index is -3.96. The maximum atomic E-state index is 12.7. The second kappa shape index (κ2) is 10.5. The summed E-state index contributed by atoms with van der Waals surface area (Å²) in [5.41, 5.74) is 0.371. The summed E-state index contributed by atoms with van der Waals surface area (Å²) in [6.45, 7) is 0.573. The highest BCUT2D eigenvalue weighted by Gasteiger charge is 2.27. The number of benzene rings is 1. The SMILES string of the molecule is COc1ccc2c(c1)OCCNC(=O)[C@@H](NS(=O)(=O)c1cn(C)cn1)CCCCNC2=O. The summed E-state index contributed by atoms with van der Waals surface area (Å²) in [5, 5.41) is 5.35. The zero-order chi connectivity index (χ0) is 23.1. The minimum Gasteiger partial charge on any atom is -0.497 e. The van der Waals surface area contributed by atoms with E-state index in [1.54, 1.807) is 25.2 Å². The number of hydrogen-bond acceptors (Lipinski definition) is 7. The quantitative estimate of drug-likeness (QED) is 0.585. The van der Waals surface area contributed by atoms with Crippen LogP contribution in [0.4, 0.5) is 0 Å². The fraction of sp³-hybridized carbons (Fsp3) is 0.450. The zero-order valence-electron chi connectivity index (χ0n) is 18.0. The third-order valence-corrected chi connectivity index (χ3v) is 6.22. The molecule has 0 unspecified atom stereocenters. The zero-order valence-corrected chi connectivity index (χ0v) is 18.8. The third kappa shape index (κ3) is 5.98. The molecule has 2 amide bonds. The summed E-state index contributed by atoms with van der Waals surface area (Å²) in [6.07, 6.45) is 4.08. The molecule has 3 rings (SSSR count). The molecule has 0 aliphatic carbocycles. The van der Waals surface area contributed by atoms with Gasteiger partial charge in [-0.05, 0) is 31.4 Å². The van der Waals surface area contributed by atoms with Crippen molar-refractivity contribution in [2.45, 2.75) is 30.3 Å².